The van der Waals surface area contributed by atoms with E-state index in [2.05, 4.69) is 32.0 Å². The van der Waals surface area contributed by atoms with Crippen molar-refractivity contribution in [1.29, 1.82) is 0 Å². The Kier molecular flexibility index (Phi) is 3.14. The summed E-state index contributed by atoms with van der Waals surface area (Å²) in [5.74, 6) is 1.07. The maximum atomic E-state index is 4.28. The van der Waals surface area contributed by atoms with E-state index in [1.807, 2.05) is 18.5 Å². The number of hydrogen-bond acceptors (Lipinski definition) is 3. The van der Waals surface area contributed by atoms with Crippen molar-refractivity contribution in [3.8, 4) is 0 Å². The van der Waals surface area contributed by atoms with Crippen LogP contribution in [-0.2, 0) is 19.6 Å². The maximum Gasteiger partial charge on any atom is 0.122 e. The Morgan fingerprint density at radius 3 is 3.07 bits per heavy atom. The highest BCUT2D eigenvalue weighted by molar-refractivity contribution is 4.97. The van der Waals surface area contributed by atoms with Crippen LogP contribution in [0.5, 0.6) is 0 Å². The van der Waals surface area contributed by atoms with E-state index < -0.39 is 0 Å². The van der Waals surface area contributed by atoms with E-state index >= 15 is 0 Å². The van der Waals surface area contributed by atoms with Gasteiger partial charge in [0.15, 0.2) is 0 Å². The molecular weight excluding hydrogens is 190 g/mol. The molecule has 0 aliphatic heterocycles. The maximum absolute atomic E-state index is 4.28. The Morgan fingerprint density at radius 2 is 2.33 bits per heavy atom. The molecule has 0 radical (unpaired) electrons. The monoisotopic (exact) mass is 205 g/mol. The third-order valence-electron chi connectivity index (χ3n) is 2.30. The van der Waals surface area contributed by atoms with E-state index in [4.69, 9.17) is 0 Å². The highest BCUT2D eigenvalue weighted by Crippen LogP contribution is 1.97. The van der Waals surface area contributed by atoms with Crippen molar-refractivity contribution in [2.24, 2.45) is 0 Å². The van der Waals surface area contributed by atoms with Gasteiger partial charge >= 0.3 is 0 Å². The van der Waals surface area contributed by atoms with Gasteiger partial charge in [0.05, 0.1) is 6.54 Å². The van der Waals surface area contributed by atoms with Gasteiger partial charge in [0.1, 0.15) is 5.82 Å². The lowest BCUT2D eigenvalue weighted by Gasteiger charge is -2.05. The summed E-state index contributed by atoms with van der Waals surface area (Å²) in [5.41, 5.74) is 1.09. The summed E-state index contributed by atoms with van der Waals surface area (Å²) in [6.45, 7) is 4.64. The third-order valence-corrected chi connectivity index (χ3v) is 2.30. The number of aryl methyl sites for hydroxylation is 1. The normalized spacial score (nSPS) is 10.7. The zero-order chi connectivity index (χ0) is 10.5. The Bertz CT molecular complexity index is 390. The van der Waals surface area contributed by atoms with Crippen molar-refractivity contribution in [3.63, 3.8) is 0 Å². The summed E-state index contributed by atoms with van der Waals surface area (Å²) >= 11 is 0. The quantitative estimate of drug-likeness (QED) is 0.763. The van der Waals surface area contributed by atoms with Crippen LogP contribution in [0.25, 0.3) is 0 Å². The molecule has 0 unspecified atom stereocenters. The van der Waals surface area contributed by atoms with Crippen LogP contribution in [0.1, 0.15) is 18.4 Å². The van der Waals surface area contributed by atoms with Crippen LogP contribution < -0.4 is 5.32 Å². The molecule has 5 nitrogen and oxygen atoms in total. The molecule has 5 heteroatoms. The van der Waals surface area contributed by atoms with Crippen LogP contribution in [0, 0.1) is 0 Å². The fraction of sp³-hybridized carbons (Fsp3) is 0.400. The summed E-state index contributed by atoms with van der Waals surface area (Å²) in [6, 6.07) is 1.96. The van der Waals surface area contributed by atoms with Crippen LogP contribution in [0.4, 0.5) is 0 Å². The number of imidazole rings is 1. The van der Waals surface area contributed by atoms with Gasteiger partial charge in [-0.15, -0.1) is 0 Å². The second-order valence-electron chi connectivity index (χ2n) is 3.31. The first-order valence-corrected chi connectivity index (χ1v) is 5.09. The van der Waals surface area contributed by atoms with Crippen LogP contribution >= 0.6 is 0 Å². The summed E-state index contributed by atoms with van der Waals surface area (Å²) in [4.78, 5) is 4.28. The average molecular weight is 205 g/mol. The van der Waals surface area contributed by atoms with Gasteiger partial charge in [-0.25, -0.2) is 4.98 Å². The molecular formula is C10H15N5. The SMILES string of the molecule is CCn1ccnc1CNCc1ccn[nH]1. The fourth-order valence-corrected chi connectivity index (χ4v) is 1.49. The lowest BCUT2D eigenvalue weighted by molar-refractivity contribution is 0.606. The first-order chi connectivity index (χ1) is 7.40. The smallest absolute Gasteiger partial charge is 0.122 e. The molecule has 0 atom stereocenters. The standard InChI is InChI=1S/C10H15N5/c1-2-15-6-5-12-10(15)8-11-7-9-3-4-13-14-9/h3-6,11H,2,7-8H2,1H3,(H,13,14). The van der Waals surface area contributed by atoms with Gasteiger partial charge in [0.2, 0.25) is 0 Å². The van der Waals surface area contributed by atoms with E-state index in [9.17, 15) is 0 Å². The second-order valence-corrected chi connectivity index (χ2v) is 3.31. The highest BCUT2D eigenvalue weighted by atomic mass is 15.1. The molecule has 2 aromatic rings. The molecule has 0 bridgehead atoms. The number of hydrogen-bond donors (Lipinski definition) is 2. The van der Waals surface area contributed by atoms with Crippen molar-refractivity contribution < 1.29 is 0 Å². The van der Waals surface area contributed by atoms with Gasteiger partial charge in [-0.05, 0) is 13.0 Å². The Labute approximate surface area is 88.5 Å². The second kappa shape index (κ2) is 4.75. The van der Waals surface area contributed by atoms with E-state index in [0.29, 0.717) is 0 Å². The van der Waals surface area contributed by atoms with Crippen molar-refractivity contribution in [3.05, 3.63) is 36.2 Å². The predicted octanol–water partition coefficient (Wildman–Crippen LogP) is 0.916. The van der Waals surface area contributed by atoms with E-state index in [1.165, 1.54) is 0 Å². The van der Waals surface area contributed by atoms with Gasteiger partial charge in [-0.3, -0.25) is 5.10 Å². The van der Waals surface area contributed by atoms with Crippen molar-refractivity contribution in [2.45, 2.75) is 26.6 Å². The minimum Gasteiger partial charge on any atom is -0.334 e. The first kappa shape index (κ1) is 9.92. The Balaban J connectivity index is 1.83. The topological polar surface area (TPSA) is 58.5 Å². The number of H-pyrrole nitrogens is 1. The van der Waals surface area contributed by atoms with Gasteiger partial charge in [0.25, 0.3) is 0 Å². The number of nitrogens with zero attached hydrogens (tertiary/aromatic N) is 3. The van der Waals surface area contributed by atoms with Crippen LogP contribution in [0.3, 0.4) is 0 Å². The van der Waals surface area contributed by atoms with Gasteiger partial charge < -0.3 is 9.88 Å². The number of rotatable bonds is 5. The van der Waals surface area contributed by atoms with E-state index in [0.717, 1.165) is 31.2 Å². The lowest BCUT2D eigenvalue weighted by Crippen LogP contribution is -2.16. The van der Waals surface area contributed by atoms with Gasteiger partial charge in [0, 0.05) is 37.4 Å². The molecule has 80 valence electrons. The Morgan fingerprint density at radius 1 is 1.40 bits per heavy atom. The average Bonchev–Trinajstić information content (AvgIpc) is 2.88. The fourth-order valence-electron chi connectivity index (χ4n) is 1.49. The number of aromatic amines is 1. The largest absolute Gasteiger partial charge is 0.334 e. The van der Waals surface area contributed by atoms with Crippen molar-refractivity contribution in [2.75, 3.05) is 0 Å². The van der Waals surface area contributed by atoms with Crippen molar-refractivity contribution in [1.82, 2.24) is 25.1 Å². The zero-order valence-electron chi connectivity index (χ0n) is 8.77. The highest BCUT2D eigenvalue weighted by Gasteiger charge is 2.00. The minimum absolute atomic E-state index is 0.778. The molecule has 2 rings (SSSR count). The van der Waals surface area contributed by atoms with E-state index in [-0.39, 0.29) is 0 Å². The predicted molar refractivity (Wildman–Crippen MR) is 57.0 cm³/mol. The summed E-state index contributed by atoms with van der Waals surface area (Å²) in [5, 5.41) is 10.1. The lowest BCUT2D eigenvalue weighted by atomic mass is 10.4. The molecule has 0 spiro atoms. The van der Waals surface area contributed by atoms with Crippen molar-refractivity contribution >= 4 is 0 Å². The molecule has 0 saturated carbocycles. The van der Waals surface area contributed by atoms with Gasteiger partial charge in [-0.2, -0.15) is 5.10 Å². The molecule has 2 aromatic heterocycles. The molecule has 0 aliphatic carbocycles. The first-order valence-electron chi connectivity index (χ1n) is 5.09. The van der Waals surface area contributed by atoms with Gasteiger partial charge in [-0.1, -0.05) is 0 Å². The molecule has 0 aliphatic rings. The summed E-state index contributed by atoms with van der Waals surface area (Å²) in [7, 11) is 0. The number of aromatic nitrogens is 4. The van der Waals surface area contributed by atoms with E-state index in [1.54, 1.807) is 6.20 Å². The number of nitrogens with one attached hydrogen (secondary N) is 2. The summed E-state index contributed by atoms with van der Waals surface area (Å²) in [6.07, 6.45) is 5.58. The third kappa shape index (κ3) is 2.44. The molecule has 0 aromatic carbocycles. The molecule has 2 N–H and O–H groups in total. The molecule has 15 heavy (non-hydrogen) atoms. The molecule has 0 amide bonds. The van der Waals surface area contributed by atoms with Crippen LogP contribution in [0.15, 0.2) is 24.7 Å². The molecule has 0 saturated heterocycles. The minimum atomic E-state index is 0.778. The zero-order valence-corrected chi connectivity index (χ0v) is 8.77. The van der Waals surface area contributed by atoms with Crippen LogP contribution in [-0.4, -0.2) is 19.7 Å². The molecule has 2 heterocycles. The van der Waals surface area contributed by atoms with Crippen LogP contribution in [0.2, 0.25) is 0 Å². The summed E-state index contributed by atoms with van der Waals surface area (Å²) < 4.78 is 2.12. The molecule has 0 fully saturated rings. The Hall–Kier alpha value is -1.62.